The average molecular weight is 207 g/mol. The number of hydrogen-bond acceptors (Lipinski definition) is 4. The van der Waals surface area contributed by atoms with Crippen LogP contribution in [0.2, 0.25) is 0 Å². The Morgan fingerprint density at radius 1 is 1.40 bits per heavy atom. The summed E-state index contributed by atoms with van der Waals surface area (Å²) in [5.74, 6) is 0. The van der Waals surface area contributed by atoms with Crippen LogP contribution in [0.5, 0.6) is 0 Å². The molecule has 1 saturated heterocycles. The van der Waals surface area contributed by atoms with Gasteiger partial charge in [-0.2, -0.15) is 0 Å². The molecule has 0 unspecified atom stereocenters. The number of ether oxygens (including phenoxy) is 1. The molecule has 0 radical (unpaired) electrons. The monoisotopic (exact) mass is 207 g/mol. The van der Waals surface area contributed by atoms with Crippen molar-refractivity contribution in [3.8, 4) is 0 Å². The van der Waals surface area contributed by atoms with Gasteiger partial charge in [-0.25, -0.2) is 0 Å². The van der Waals surface area contributed by atoms with Crippen LogP contribution in [0.4, 0.5) is 11.4 Å². The zero-order valence-electron chi connectivity index (χ0n) is 9.07. The highest BCUT2D eigenvalue weighted by molar-refractivity contribution is 5.55. The molecule has 1 aliphatic rings. The van der Waals surface area contributed by atoms with Gasteiger partial charge >= 0.3 is 0 Å². The van der Waals surface area contributed by atoms with E-state index in [2.05, 4.69) is 28.2 Å². The predicted molar refractivity (Wildman–Crippen MR) is 61.4 cm³/mol. The lowest BCUT2D eigenvalue weighted by atomic mass is 10.3. The molecule has 1 aliphatic heterocycles. The molecular weight excluding hydrogens is 190 g/mol. The first-order valence-electron chi connectivity index (χ1n) is 5.42. The second-order valence-electron chi connectivity index (χ2n) is 3.56. The highest BCUT2D eigenvalue weighted by atomic mass is 16.5. The van der Waals surface area contributed by atoms with Gasteiger partial charge < -0.3 is 15.0 Å². The minimum absolute atomic E-state index is 0.811. The lowest BCUT2D eigenvalue weighted by Gasteiger charge is -2.28. The van der Waals surface area contributed by atoms with Crippen molar-refractivity contribution in [1.29, 1.82) is 0 Å². The van der Waals surface area contributed by atoms with E-state index in [1.807, 2.05) is 12.4 Å². The molecule has 0 bridgehead atoms. The zero-order valence-corrected chi connectivity index (χ0v) is 9.07. The van der Waals surface area contributed by atoms with Gasteiger partial charge in [0, 0.05) is 19.6 Å². The molecule has 1 aromatic heterocycles. The highest BCUT2D eigenvalue weighted by Crippen LogP contribution is 2.18. The number of rotatable bonds is 3. The Morgan fingerprint density at radius 2 is 2.20 bits per heavy atom. The third-order valence-electron chi connectivity index (χ3n) is 2.48. The van der Waals surface area contributed by atoms with E-state index < -0.39 is 0 Å². The molecular formula is C11H17N3O. The Balaban J connectivity index is 2.09. The van der Waals surface area contributed by atoms with E-state index >= 15 is 0 Å². The van der Waals surface area contributed by atoms with E-state index in [1.165, 1.54) is 5.69 Å². The van der Waals surface area contributed by atoms with Crippen LogP contribution in [0.3, 0.4) is 0 Å². The molecule has 2 heterocycles. The number of morpholine rings is 1. The summed E-state index contributed by atoms with van der Waals surface area (Å²) in [5.41, 5.74) is 2.26. The average Bonchev–Trinajstić information content (AvgIpc) is 2.31. The van der Waals surface area contributed by atoms with Crippen LogP contribution in [0.15, 0.2) is 18.5 Å². The van der Waals surface area contributed by atoms with Crippen LogP contribution in [0.1, 0.15) is 6.92 Å². The SMILES string of the molecule is CCNc1cncc(N2CCOCC2)c1. The molecule has 0 aliphatic carbocycles. The van der Waals surface area contributed by atoms with E-state index in [-0.39, 0.29) is 0 Å². The molecule has 2 rings (SSSR count). The lowest BCUT2D eigenvalue weighted by molar-refractivity contribution is 0.122. The van der Waals surface area contributed by atoms with E-state index in [1.54, 1.807) is 0 Å². The quantitative estimate of drug-likeness (QED) is 0.812. The summed E-state index contributed by atoms with van der Waals surface area (Å²) in [6.45, 7) is 6.54. The van der Waals surface area contributed by atoms with Crippen LogP contribution in [-0.2, 0) is 4.74 Å². The van der Waals surface area contributed by atoms with E-state index in [0.29, 0.717) is 0 Å². The second kappa shape index (κ2) is 4.98. The summed E-state index contributed by atoms with van der Waals surface area (Å²) in [6, 6.07) is 2.14. The van der Waals surface area contributed by atoms with Gasteiger partial charge in [0.05, 0.1) is 37.0 Å². The Kier molecular flexibility index (Phi) is 3.40. The summed E-state index contributed by atoms with van der Waals surface area (Å²) in [5, 5.41) is 3.27. The largest absolute Gasteiger partial charge is 0.384 e. The fraction of sp³-hybridized carbons (Fsp3) is 0.545. The summed E-state index contributed by atoms with van der Waals surface area (Å²) < 4.78 is 5.32. The van der Waals surface area contributed by atoms with Crippen molar-refractivity contribution in [3.63, 3.8) is 0 Å². The summed E-state index contributed by atoms with van der Waals surface area (Å²) >= 11 is 0. The van der Waals surface area contributed by atoms with Crippen LogP contribution in [0, 0.1) is 0 Å². The Morgan fingerprint density at radius 3 is 2.93 bits per heavy atom. The first-order chi connectivity index (χ1) is 7.40. The van der Waals surface area contributed by atoms with Crippen molar-refractivity contribution >= 4 is 11.4 Å². The molecule has 0 aromatic carbocycles. The Bertz CT molecular complexity index is 310. The van der Waals surface area contributed by atoms with E-state index in [0.717, 1.165) is 38.5 Å². The molecule has 0 spiro atoms. The minimum Gasteiger partial charge on any atom is -0.384 e. The number of anilines is 2. The number of hydrogen-bond donors (Lipinski definition) is 1. The minimum atomic E-state index is 0.811. The van der Waals surface area contributed by atoms with Gasteiger partial charge in [-0.15, -0.1) is 0 Å². The fourth-order valence-corrected chi connectivity index (χ4v) is 1.72. The standard InChI is InChI=1S/C11H17N3O/c1-2-13-10-7-11(9-12-8-10)14-3-5-15-6-4-14/h7-9,13H,2-6H2,1H3. The van der Waals surface area contributed by atoms with Crippen molar-refractivity contribution in [1.82, 2.24) is 4.98 Å². The molecule has 82 valence electrons. The molecule has 1 aromatic rings. The van der Waals surface area contributed by atoms with Crippen molar-refractivity contribution < 1.29 is 4.74 Å². The van der Waals surface area contributed by atoms with Crippen molar-refractivity contribution in [3.05, 3.63) is 18.5 Å². The van der Waals surface area contributed by atoms with Gasteiger partial charge in [0.2, 0.25) is 0 Å². The molecule has 1 fully saturated rings. The molecule has 4 heteroatoms. The Hall–Kier alpha value is -1.29. The van der Waals surface area contributed by atoms with Crippen LogP contribution in [0.25, 0.3) is 0 Å². The molecule has 0 amide bonds. The van der Waals surface area contributed by atoms with Gasteiger partial charge in [-0.05, 0) is 13.0 Å². The van der Waals surface area contributed by atoms with Gasteiger partial charge in [0.15, 0.2) is 0 Å². The third-order valence-corrected chi connectivity index (χ3v) is 2.48. The molecule has 1 N–H and O–H groups in total. The summed E-state index contributed by atoms with van der Waals surface area (Å²) in [7, 11) is 0. The zero-order chi connectivity index (χ0) is 10.5. The summed E-state index contributed by atoms with van der Waals surface area (Å²) in [6.07, 6.45) is 3.76. The molecule has 0 atom stereocenters. The van der Waals surface area contributed by atoms with Crippen LogP contribution >= 0.6 is 0 Å². The van der Waals surface area contributed by atoms with Crippen molar-refractivity contribution in [2.45, 2.75) is 6.92 Å². The van der Waals surface area contributed by atoms with E-state index in [4.69, 9.17) is 4.74 Å². The number of aromatic nitrogens is 1. The van der Waals surface area contributed by atoms with Crippen LogP contribution in [-0.4, -0.2) is 37.8 Å². The second-order valence-corrected chi connectivity index (χ2v) is 3.56. The predicted octanol–water partition coefficient (Wildman–Crippen LogP) is 1.35. The number of pyridine rings is 1. The molecule has 0 saturated carbocycles. The maximum Gasteiger partial charge on any atom is 0.0642 e. The number of nitrogens with zero attached hydrogens (tertiary/aromatic N) is 2. The lowest BCUT2D eigenvalue weighted by Crippen LogP contribution is -2.36. The first kappa shape index (κ1) is 10.2. The topological polar surface area (TPSA) is 37.4 Å². The fourth-order valence-electron chi connectivity index (χ4n) is 1.72. The van der Waals surface area contributed by atoms with E-state index in [9.17, 15) is 0 Å². The van der Waals surface area contributed by atoms with Crippen molar-refractivity contribution in [2.75, 3.05) is 43.1 Å². The van der Waals surface area contributed by atoms with Gasteiger partial charge in [0.1, 0.15) is 0 Å². The maximum atomic E-state index is 5.32. The number of nitrogens with one attached hydrogen (secondary N) is 1. The third kappa shape index (κ3) is 2.59. The first-order valence-corrected chi connectivity index (χ1v) is 5.42. The normalized spacial score (nSPS) is 16.5. The van der Waals surface area contributed by atoms with Gasteiger partial charge in [-0.3, -0.25) is 4.98 Å². The molecule has 15 heavy (non-hydrogen) atoms. The highest BCUT2D eigenvalue weighted by Gasteiger charge is 2.11. The maximum absolute atomic E-state index is 5.32. The van der Waals surface area contributed by atoms with Crippen LogP contribution < -0.4 is 10.2 Å². The van der Waals surface area contributed by atoms with Crippen molar-refractivity contribution in [2.24, 2.45) is 0 Å². The molecule has 4 nitrogen and oxygen atoms in total. The van der Waals surface area contributed by atoms with Gasteiger partial charge in [-0.1, -0.05) is 0 Å². The summed E-state index contributed by atoms with van der Waals surface area (Å²) in [4.78, 5) is 6.54. The smallest absolute Gasteiger partial charge is 0.0642 e. The Labute approximate surface area is 90.3 Å². The van der Waals surface area contributed by atoms with Gasteiger partial charge in [0.25, 0.3) is 0 Å².